The number of aromatic amines is 1. The molecule has 0 fully saturated rings. The molecular weight excluding hydrogens is 447 g/mol. The van der Waals surface area contributed by atoms with E-state index < -0.39 is 11.8 Å². The van der Waals surface area contributed by atoms with Crippen molar-refractivity contribution in [3.8, 4) is 5.88 Å². The Balaban J connectivity index is 1.81. The van der Waals surface area contributed by atoms with Crippen LogP contribution in [0.4, 0.5) is 15.8 Å². The van der Waals surface area contributed by atoms with Gasteiger partial charge in [-0.1, -0.05) is 24.3 Å². The number of aliphatic carboxylic acids is 1. The first kappa shape index (κ1) is 24.0. The predicted molar refractivity (Wildman–Crippen MR) is 136 cm³/mol. The van der Waals surface area contributed by atoms with Crippen LogP contribution in [0.1, 0.15) is 16.7 Å². The maximum atomic E-state index is 13.8. The van der Waals surface area contributed by atoms with E-state index in [2.05, 4.69) is 9.88 Å². The third-order valence-electron chi connectivity index (χ3n) is 5.61. The molecule has 0 aliphatic carbocycles. The SMILES string of the molecule is CN(C)Cc1ccc(N=C(c2ccc(N(C)CC(=O)O)cc2)c2c(O)[nH]c3cc(F)ccc23)cc1. The van der Waals surface area contributed by atoms with Crippen LogP contribution in [0.5, 0.6) is 5.88 Å². The molecule has 0 saturated heterocycles. The van der Waals surface area contributed by atoms with Crippen LogP contribution in [-0.2, 0) is 11.3 Å². The molecule has 1 aromatic heterocycles. The van der Waals surface area contributed by atoms with Gasteiger partial charge in [-0.3, -0.25) is 4.79 Å². The lowest BCUT2D eigenvalue weighted by Crippen LogP contribution is -2.25. The van der Waals surface area contributed by atoms with Crippen LogP contribution in [0.3, 0.4) is 0 Å². The van der Waals surface area contributed by atoms with Gasteiger partial charge in [-0.2, -0.15) is 0 Å². The van der Waals surface area contributed by atoms with Gasteiger partial charge in [0.2, 0.25) is 0 Å². The number of rotatable bonds is 8. The van der Waals surface area contributed by atoms with Gasteiger partial charge < -0.3 is 25.0 Å². The van der Waals surface area contributed by atoms with Gasteiger partial charge in [0.1, 0.15) is 12.4 Å². The maximum absolute atomic E-state index is 13.8. The molecule has 1 heterocycles. The van der Waals surface area contributed by atoms with Gasteiger partial charge in [0, 0.05) is 30.2 Å². The highest BCUT2D eigenvalue weighted by Crippen LogP contribution is 2.32. The third-order valence-corrected chi connectivity index (χ3v) is 5.61. The summed E-state index contributed by atoms with van der Waals surface area (Å²) in [5.41, 5.74) is 4.72. The second-order valence-corrected chi connectivity index (χ2v) is 8.70. The number of likely N-dealkylation sites (N-methyl/N-ethyl adjacent to an activating group) is 1. The van der Waals surface area contributed by atoms with Crippen molar-refractivity contribution in [2.75, 3.05) is 32.6 Å². The van der Waals surface area contributed by atoms with Crippen LogP contribution in [0.25, 0.3) is 10.9 Å². The summed E-state index contributed by atoms with van der Waals surface area (Å²) in [6, 6.07) is 19.4. The number of aromatic nitrogens is 1. The second-order valence-electron chi connectivity index (χ2n) is 8.70. The van der Waals surface area contributed by atoms with Crippen LogP contribution < -0.4 is 4.90 Å². The number of carboxylic acids is 1. The van der Waals surface area contributed by atoms with E-state index in [0.717, 1.165) is 23.4 Å². The number of aromatic hydroxyl groups is 1. The van der Waals surface area contributed by atoms with Gasteiger partial charge in [0.15, 0.2) is 5.88 Å². The first-order valence-corrected chi connectivity index (χ1v) is 11.1. The molecule has 0 aliphatic rings. The molecule has 0 spiro atoms. The van der Waals surface area contributed by atoms with Crippen molar-refractivity contribution < 1.29 is 19.4 Å². The molecule has 0 amide bonds. The fourth-order valence-electron chi connectivity index (χ4n) is 4.00. The van der Waals surface area contributed by atoms with Crippen molar-refractivity contribution >= 4 is 34.0 Å². The number of carbonyl (C=O) groups is 1. The smallest absolute Gasteiger partial charge is 0.323 e. The van der Waals surface area contributed by atoms with Gasteiger partial charge in [-0.05, 0) is 62.1 Å². The summed E-state index contributed by atoms with van der Waals surface area (Å²) >= 11 is 0. The fourth-order valence-corrected chi connectivity index (χ4v) is 4.00. The maximum Gasteiger partial charge on any atom is 0.323 e. The molecule has 35 heavy (non-hydrogen) atoms. The van der Waals surface area contributed by atoms with E-state index in [9.17, 15) is 14.3 Å². The van der Waals surface area contributed by atoms with Crippen molar-refractivity contribution in [1.29, 1.82) is 0 Å². The average Bonchev–Trinajstić information content (AvgIpc) is 3.12. The quantitative estimate of drug-likeness (QED) is 0.320. The molecule has 8 heteroatoms. The van der Waals surface area contributed by atoms with E-state index in [1.807, 2.05) is 50.5 Å². The van der Waals surface area contributed by atoms with E-state index in [0.29, 0.717) is 27.9 Å². The molecular formula is C27H27FN4O3. The lowest BCUT2D eigenvalue weighted by atomic mass is 10.00. The minimum absolute atomic E-state index is 0.111. The Bertz CT molecular complexity index is 1380. The summed E-state index contributed by atoms with van der Waals surface area (Å²) in [6.07, 6.45) is 0. The molecule has 0 atom stereocenters. The Morgan fingerprint density at radius 2 is 1.69 bits per heavy atom. The number of anilines is 1. The molecule has 4 rings (SSSR count). The van der Waals surface area contributed by atoms with Gasteiger partial charge in [0.05, 0.1) is 22.5 Å². The van der Waals surface area contributed by atoms with E-state index in [4.69, 9.17) is 10.1 Å². The summed E-state index contributed by atoms with van der Waals surface area (Å²) in [5, 5.41) is 20.5. The van der Waals surface area contributed by atoms with Crippen molar-refractivity contribution in [2.24, 2.45) is 4.99 Å². The number of fused-ring (bicyclic) bond motifs is 1. The number of halogens is 1. The van der Waals surface area contributed by atoms with Crippen molar-refractivity contribution in [1.82, 2.24) is 9.88 Å². The minimum Gasteiger partial charge on any atom is -0.494 e. The number of hydrogen-bond acceptors (Lipinski definition) is 5. The van der Waals surface area contributed by atoms with E-state index in [1.165, 1.54) is 12.1 Å². The predicted octanol–water partition coefficient (Wildman–Crippen LogP) is 4.76. The molecule has 0 saturated carbocycles. The van der Waals surface area contributed by atoms with Gasteiger partial charge >= 0.3 is 5.97 Å². The fraction of sp³-hybridized carbons (Fsp3) is 0.185. The Morgan fingerprint density at radius 3 is 2.31 bits per heavy atom. The summed E-state index contributed by atoms with van der Waals surface area (Å²) < 4.78 is 13.8. The Hall–Kier alpha value is -4.17. The monoisotopic (exact) mass is 474 g/mol. The Kier molecular flexibility index (Phi) is 6.84. The highest BCUT2D eigenvalue weighted by Gasteiger charge is 2.19. The lowest BCUT2D eigenvalue weighted by molar-refractivity contribution is -0.135. The number of hydrogen-bond donors (Lipinski definition) is 3. The minimum atomic E-state index is -0.924. The normalized spacial score (nSPS) is 11.9. The zero-order chi connectivity index (χ0) is 25.1. The van der Waals surface area contributed by atoms with Crippen LogP contribution in [0.15, 0.2) is 71.7 Å². The Labute approximate surface area is 202 Å². The van der Waals surface area contributed by atoms with Crippen LogP contribution in [0, 0.1) is 5.82 Å². The standard InChI is InChI=1S/C27H27FN4O3/c1-31(2)15-17-4-9-20(10-5-17)29-26(18-6-11-21(12-7-18)32(3)16-24(33)34)25-22-13-8-19(28)14-23(22)30-27(25)35/h4-14,30,35H,15-16H2,1-3H3,(H,33,34). The van der Waals surface area contributed by atoms with E-state index in [1.54, 1.807) is 30.1 Å². The Morgan fingerprint density at radius 1 is 1.00 bits per heavy atom. The summed E-state index contributed by atoms with van der Waals surface area (Å²) in [5.74, 6) is -1.45. The zero-order valence-corrected chi connectivity index (χ0v) is 19.8. The molecule has 0 radical (unpaired) electrons. The average molecular weight is 475 g/mol. The first-order chi connectivity index (χ1) is 16.7. The van der Waals surface area contributed by atoms with Crippen molar-refractivity contribution in [3.63, 3.8) is 0 Å². The van der Waals surface area contributed by atoms with Crippen LogP contribution in [0.2, 0.25) is 0 Å². The molecule has 0 aliphatic heterocycles. The highest BCUT2D eigenvalue weighted by atomic mass is 19.1. The molecule has 7 nitrogen and oxygen atoms in total. The molecule has 3 N–H and O–H groups in total. The molecule has 180 valence electrons. The van der Waals surface area contributed by atoms with Gasteiger partial charge in [-0.25, -0.2) is 9.38 Å². The number of benzene rings is 3. The zero-order valence-electron chi connectivity index (χ0n) is 19.8. The number of H-pyrrole nitrogens is 1. The third kappa shape index (κ3) is 5.50. The second kappa shape index (κ2) is 9.99. The highest BCUT2D eigenvalue weighted by molar-refractivity contribution is 6.22. The molecule has 3 aromatic carbocycles. The lowest BCUT2D eigenvalue weighted by Gasteiger charge is -2.17. The summed E-state index contributed by atoms with van der Waals surface area (Å²) in [7, 11) is 5.71. The number of nitrogens with one attached hydrogen (secondary N) is 1. The molecule has 4 aromatic rings. The first-order valence-electron chi connectivity index (χ1n) is 11.1. The summed E-state index contributed by atoms with van der Waals surface area (Å²) in [6.45, 7) is 0.672. The molecule has 0 bridgehead atoms. The van der Waals surface area contributed by atoms with Crippen LogP contribution >= 0.6 is 0 Å². The topological polar surface area (TPSA) is 92.2 Å². The van der Waals surface area contributed by atoms with E-state index in [-0.39, 0.29) is 12.4 Å². The number of nitrogens with zero attached hydrogens (tertiary/aromatic N) is 3. The van der Waals surface area contributed by atoms with Crippen molar-refractivity contribution in [3.05, 3.63) is 89.2 Å². The van der Waals surface area contributed by atoms with Crippen LogP contribution in [-0.4, -0.2) is 59.5 Å². The largest absolute Gasteiger partial charge is 0.494 e. The number of aliphatic imine (C=N–C) groups is 1. The summed E-state index contributed by atoms with van der Waals surface area (Å²) in [4.78, 5) is 22.5. The molecule has 0 unspecified atom stereocenters. The van der Waals surface area contributed by atoms with E-state index >= 15 is 0 Å². The van der Waals surface area contributed by atoms with Gasteiger partial charge in [0.25, 0.3) is 0 Å². The van der Waals surface area contributed by atoms with Gasteiger partial charge in [-0.15, -0.1) is 0 Å². The number of carboxylic acid groups (broad SMARTS) is 1. The van der Waals surface area contributed by atoms with Crippen molar-refractivity contribution in [2.45, 2.75) is 6.54 Å².